The Kier molecular flexibility index (Phi) is 5.25. The summed E-state index contributed by atoms with van der Waals surface area (Å²) in [4.78, 5) is 0. The molecule has 1 aliphatic rings. The van der Waals surface area contributed by atoms with Gasteiger partial charge >= 0.3 is 6.36 Å². The Balaban J connectivity index is 1.87. The number of rotatable bonds is 4. The van der Waals surface area contributed by atoms with Gasteiger partial charge in [-0.15, -0.1) is 13.2 Å². The van der Waals surface area contributed by atoms with Crippen molar-refractivity contribution in [1.82, 2.24) is 10.6 Å². The van der Waals surface area contributed by atoms with Crippen LogP contribution < -0.4 is 15.4 Å². The quantitative estimate of drug-likeness (QED) is 0.894. The maximum absolute atomic E-state index is 12.2. The van der Waals surface area contributed by atoms with Crippen LogP contribution in [0.1, 0.15) is 24.8 Å². The largest absolute Gasteiger partial charge is 0.573 e. The number of hydrogen-bond acceptors (Lipinski definition) is 3. The van der Waals surface area contributed by atoms with E-state index in [9.17, 15) is 13.2 Å². The van der Waals surface area contributed by atoms with Crippen LogP contribution in [0.2, 0.25) is 0 Å². The monoisotopic (exact) mass is 288 g/mol. The molecule has 1 saturated heterocycles. The van der Waals surface area contributed by atoms with Gasteiger partial charge in [-0.2, -0.15) is 0 Å². The van der Waals surface area contributed by atoms with Crippen LogP contribution in [-0.4, -0.2) is 25.5 Å². The van der Waals surface area contributed by atoms with Crippen molar-refractivity contribution in [2.75, 3.05) is 13.1 Å². The smallest absolute Gasteiger partial charge is 0.406 e. The fraction of sp³-hybridized carbons (Fsp3) is 0.571. The van der Waals surface area contributed by atoms with Crippen LogP contribution in [0.5, 0.6) is 5.75 Å². The molecule has 2 rings (SSSR count). The molecule has 1 fully saturated rings. The summed E-state index contributed by atoms with van der Waals surface area (Å²) >= 11 is 0. The van der Waals surface area contributed by atoms with Gasteiger partial charge in [-0.25, -0.2) is 0 Å². The van der Waals surface area contributed by atoms with Gasteiger partial charge in [-0.1, -0.05) is 12.1 Å². The molecule has 0 amide bonds. The van der Waals surface area contributed by atoms with Gasteiger partial charge in [-0.3, -0.25) is 0 Å². The van der Waals surface area contributed by atoms with Crippen LogP contribution in [-0.2, 0) is 6.54 Å². The lowest BCUT2D eigenvalue weighted by Crippen LogP contribution is -2.29. The van der Waals surface area contributed by atoms with Crippen LogP contribution in [0.25, 0.3) is 0 Å². The number of ether oxygens (including phenoxy) is 1. The van der Waals surface area contributed by atoms with E-state index in [1.54, 1.807) is 12.1 Å². The van der Waals surface area contributed by atoms with Crippen molar-refractivity contribution in [3.63, 3.8) is 0 Å². The SMILES string of the molecule is FC(F)(F)Oc1cccc(CNC2CCCNCC2)c1. The van der Waals surface area contributed by atoms with Gasteiger partial charge in [0.1, 0.15) is 5.75 Å². The lowest BCUT2D eigenvalue weighted by molar-refractivity contribution is -0.274. The van der Waals surface area contributed by atoms with Crippen LogP contribution in [0, 0.1) is 0 Å². The first-order chi connectivity index (χ1) is 9.53. The van der Waals surface area contributed by atoms with E-state index in [4.69, 9.17) is 0 Å². The molecule has 1 unspecified atom stereocenters. The number of benzene rings is 1. The van der Waals surface area contributed by atoms with Crippen molar-refractivity contribution in [1.29, 1.82) is 0 Å². The standard InChI is InChI=1S/C14H19F3N2O/c15-14(16,17)20-13-5-1-3-11(9-13)10-19-12-4-2-7-18-8-6-12/h1,3,5,9,12,18-19H,2,4,6-8,10H2. The van der Waals surface area contributed by atoms with Gasteiger partial charge in [0.05, 0.1) is 0 Å². The average molecular weight is 288 g/mol. The molecule has 0 aromatic heterocycles. The van der Waals surface area contributed by atoms with Crippen molar-refractivity contribution in [2.24, 2.45) is 0 Å². The summed E-state index contributed by atoms with van der Waals surface area (Å²) in [5.74, 6) is -0.167. The summed E-state index contributed by atoms with van der Waals surface area (Å²) in [6.45, 7) is 2.57. The summed E-state index contributed by atoms with van der Waals surface area (Å²) in [6, 6.07) is 6.53. The molecule has 1 aromatic rings. The Morgan fingerprint density at radius 1 is 1.25 bits per heavy atom. The minimum Gasteiger partial charge on any atom is -0.406 e. The van der Waals surface area contributed by atoms with E-state index in [2.05, 4.69) is 15.4 Å². The molecule has 20 heavy (non-hydrogen) atoms. The van der Waals surface area contributed by atoms with Crippen LogP contribution in [0.3, 0.4) is 0 Å². The Bertz CT molecular complexity index is 415. The molecule has 3 nitrogen and oxygen atoms in total. The van der Waals surface area contributed by atoms with E-state index >= 15 is 0 Å². The maximum Gasteiger partial charge on any atom is 0.573 e. The van der Waals surface area contributed by atoms with Gasteiger partial charge < -0.3 is 15.4 Å². The fourth-order valence-electron chi connectivity index (χ4n) is 2.34. The maximum atomic E-state index is 12.2. The zero-order valence-corrected chi connectivity index (χ0v) is 11.2. The first kappa shape index (κ1) is 15.1. The van der Waals surface area contributed by atoms with Crippen molar-refractivity contribution < 1.29 is 17.9 Å². The van der Waals surface area contributed by atoms with Crippen molar-refractivity contribution >= 4 is 0 Å². The molecule has 112 valence electrons. The Morgan fingerprint density at radius 2 is 2.10 bits per heavy atom. The van der Waals surface area contributed by atoms with Crippen LogP contribution in [0.4, 0.5) is 13.2 Å². The predicted octanol–water partition coefficient (Wildman–Crippen LogP) is 2.82. The molecular weight excluding hydrogens is 269 g/mol. The number of halogens is 3. The normalized spacial score (nSPS) is 20.4. The Labute approximate surface area is 116 Å². The third-order valence-corrected chi connectivity index (χ3v) is 3.30. The highest BCUT2D eigenvalue weighted by atomic mass is 19.4. The lowest BCUT2D eigenvalue weighted by Gasteiger charge is -2.16. The highest BCUT2D eigenvalue weighted by molar-refractivity contribution is 5.28. The molecule has 0 radical (unpaired) electrons. The van der Waals surface area contributed by atoms with Crippen LogP contribution in [0.15, 0.2) is 24.3 Å². The summed E-state index contributed by atoms with van der Waals surface area (Å²) in [5, 5.41) is 6.72. The average Bonchev–Trinajstić information content (AvgIpc) is 2.63. The lowest BCUT2D eigenvalue weighted by atomic mass is 10.1. The summed E-state index contributed by atoms with van der Waals surface area (Å²) in [5.41, 5.74) is 0.795. The summed E-state index contributed by atoms with van der Waals surface area (Å²) < 4.78 is 40.4. The van der Waals surface area contributed by atoms with Gasteiger partial charge in [0, 0.05) is 12.6 Å². The summed E-state index contributed by atoms with van der Waals surface area (Å²) in [6.07, 6.45) is -1.39. The minimum absolute atomic E-state index is 0.167. The van der Waals surface area contributed by atoms with E-state index in [0.29, 0.717) is 12.6 Å². The van der Waals surface area contributed by atoms with Crippen molar-refractivity contribution in [2.45, 2.75) is 38.2 Å². The first-order valence-corrected chi connectivity index (χ1v) is 6.82. The van der Waals surface area contributed by atoms with Gasteiger partial charge in [0.15, 0.2) is 0 Å². The molecule has 1 aromatic carbocycles. The predicted molar refractivity (Wildman–Crippen MR) is 70.5 cm³/mol. The van der Waals surface area contributed by atoms with Crippen LogP contribution >= 0.6 is 0 Å². The molecule has 0 spiro atoms. The van der Waals surface area contributed by atoms with Crippen molar-refractivity contribution in [3.8, 4) is 5.75 Å². The molecule has 1 heterocycles. The molecule has 2 N–H and O–H groups in total. The number of hydrogen-bond donors (Lipinski definition) is 2. The zero-order chi connectivity index (χ0) is 14.4. The van der Waals surface area contributed by atoms with Gasteiger partial charge in [0.25, 0.3) is 0 Å². The third-order valence-electron chi connectivity index (χ3n) is 3.30. The second-order valence-electron chi connectivity index (χ2n) is 4.95. The highest BCUT2D eigenvalue weighted by Gasteiger charge is 2.31. The first-order valence-electron chi connectivity index (χ1n) is 6.82. The van der Waals surface area contributed by atoms with E-state index in [-0.39, 0.29) is 5.75 Å². The molecule has 0 aliphatic carbocycles. The molecule has 6 heteroatoms. The second-order valence-corrected chi connectivity index (χ2v) is 4.95. The summed E-state index contributed by atoms with van der Waals surface area (Å²) in [7, 11) is 0. The molecule has 1 atom stereocenters. The second kappa shape index (κ2) is 6.95. The van der Waals surface area contributed by atoms with E-state index in [1.807, 2.05) is 0 Å². The van der Waals surface area contributed by atoms with E-state index in [0.717, 1.165) is 37.9 Å². The molecule has 0 bridgehead atoms. The molecular formula is C14H19F3N2O. The fourth-order valence-corrected chi connectivity index (χ4v) is 2.34. The van der Waals surface area contributed by atoms with E-state index in [1.165, 1.54) is 12.1 Å². The minimum atomic E-state index is -4.64. The Morgan fingerprint density at radius 3 is 2.90 bits per heavy atom. The molecule has 0 saturated carbocycles. The Hall–Kier alpha value is -1.27. The van der Waals surface area contributed by atoms with Crippen molar-refractivity contribution in [3.05, 3.63) is 29.8 Å². The highest BCUT2D eigenvalue weighted by Crippen LogP contribution is 2.23. The zero-order valence-electron chi connectivity index (χ0n) is 11.2. The molecule has 1 aliphatic heterocycles. The van der Waals surface area contributed by atoms with E-state index < -0.39 is 6.36 Å². The third kappa shape index (κ3) is 5.38. The van der Waals surface area contributed by atoms with Gasteiger partial charge in [-0.05, 0) is 50.0 Å². The number of nitrogens with one attached hydrogen (secondary N) is 2. The number of alkyl halides is 3. The topological polar surface area (TPSA) is 33.3 Å². The van der Waals surface area contributed by atoms with Gasteiger partial charge in [0.2, 0.25) is 0 Å².